The van der Waals surface area contributed by atoms with E-state index in [9.17, 15) is 18.3 Å². The topological polar surface area (TPSA) is 107 Å². The quantitative estimate of drug-likeness (QED) is 0.710. The fraction of sp³-hybridized carbons (Fsp3) is 0.364. The van der Waals surface area contributed by atoms with E-state index < -0.39 is 28.0 Å². The van der Waals surface area contributed by atoms with Crippen molar-refractivity contribution >= 4 is 15.8 Å². The lowest BCUT2D eigenvalue weighted by atomic mass is 9.92. The van der Waals surface area contributed by atoms with Crippen molar-refractivity contribution in [3.05, 3.63) is 29.8 Å². The molecule has 0 amide bonds. The Morgan fingerprint density at radius 1 is 1.39 bits per heavy atom. The largest absolute Gasteiger partial charge is 0.467 e. The normalized spacial score (nSPS) is 14.9. The van der Waals surface area contributed by atoms with Gasteiger partial charge in [-0.1, -0.05) is 12.1 Å². The molecule has 0 saturated heterocycles. The highest BCUT2D eigenvalue weighted by atomic mass is 32.2. The highest BCUT2D eigenvalue weighted by molar-refractivity contribution is 7.90. The molecule has 1 unspecified atom stereocenters. The maximum Gasteiger partial charge on any atom is 0.332 e. The van der Waals surface area contributed by atoms with Gasteiger partial charge in [0, 0.05) is 6.26 Å². The Kier molecular flexibility index (Phi) is 4.10. The number of carbonyl (C=O) groups excluding carboxylic acids is 1. The van der Waals surface area contributed by atoms with Gasteiger partial charge >= 0.3 is 5.97 Å². The molecule has 0 aliphatic carbocycles. The highest BCUT2D eigenvalue weighted by Gasteiger charge is 2.36. The van der Waals surface area contributed by atoms with Crippen molar-refractivity contribution in [3.8, 4) is 0 Å². The predicted octanol–water partition coefficient (Wildman–Crippen LogP) is -0.591. The first-order valence-electron chi connectivity index (χ1n) is 5.04. The molecular formula is C11H15NO5S. The molecule has 0 heterocycles. The molecule has 0 aromatic heterocycles. The number of benzene rings is 1. The summed E-state index contributed by atoms with van der Waals surface area (Å²) < 4.78 is 27.1. The molecule has 0 aliphatic rings. The average molecular weight is 273 g/mol. The van der Waals surface area contributed by atoms with Crippen LogP contribution >= 0.6 is 0 Å². The summed E-state index contributed by atoms with van der Waals surface area (Å²) in [6.45, 7) is -0.641. The van der Waals surface area contributed by atoms with Crippen LogP contribution in [0.1, 0.15) is 5.56 Å². The third-order valence-corrected chi connectivity index (χ3v) is 3.73. The Morgan fingerprint density at radius 3 is 2.22 bits per heavy atom. The fourth-order valence-corrected chi connectivity index (χ4v) is 2.09. The minimum atomic E-state index is -3.32. The molecule has 7 heteroatoms. The third-order valence-electron chi connectivity index (χ3n) is 2.60. The number of carbonyl (C=O) groups is 1. The first-order valence-corrected chi connectivity index (χ1v) is 6.93. The molecule has 0 aliphatic heterocycles. The molecule has 0 fully saturated rings. The van der Waals surface area contributed by atoms with Crippen molar-refractivity contribution < 1.29 is 23.1 Å². The van der Waals surface area contributed by atoms with Crippen LogP contribution in [0.5, 0.6) is 0 Å². The fourth-order valence-electron chi connectivity index (χ4n) is 1.46. The molecule has 0 bridgehead atoms. The predicted molar refractivity (Wildman–Crippen MR) is 64.5 cm³/mol. The van der Waals surface area contributed by atoms with Crippen molar-refractivity contribution in [1.82, 2.24) is 0 Å². The van der Waals surface area contributed by atoms with Crippen molar-refractivity contribution in [2.45, 2.75) is 10.4 Å². The van der Waals surface area contributed by atoms with Gasteiger partial charge in [0.25, 0.3) is 0 Å². The maximum absolute atomic E-state index is 11.5. The van der Waals surface area contributed by atoms with Gasteiger partial charge in [-0.25, -0.2) is 13.2 Å². The van der Waals surface area contributed by atoms with Gasteiger partial charge in [-0.05, 0) is 17.7 Å². The summed E-state index contributed by atoms with van der Waals surface area (Å²) in [6, 6.07) is 5.41. The Labute approximate surface area is 105 Å². The molecule has 1 atom stereocenters. The van der Waals surface area contributed by atoms with Crippen molar-refractivity contribution in [2.75, 3.05) is 20.0 Å². The van der Waals surface area contributed by atoms with E-state index in [0.29, 0.717) is 0 Å². The Bertz CT molecular complexity index is 537. The standard InChI is InChI=1S/C11H15NO5S/c1-17-10(14)11(12,7-13)8-3-5-9(6-4-8)18(2,15)16/h3-6,13H,7,12H2,1-2H3. The van der Waals surface area contributed by atoms with Gasteiger partial charge in [-0.3, -0.25) is 0 Å². The molecule has 1 aromatic carbocycles. The van der Waals surface area contributed by atoms with Crippen molar-refractivity contribution in [1.29, 1.82) is 0 Å². The molecule has 0 spiro atoms. The second kappa shape index (κ2) is 5.05. The van der Waals surface area contributed by atoms with Crippen LogP contribution in [-0.4, -0.2) is 39.5 Å². The van der Waals surface area contributed by atoms with Gasteiger partial charge in [-0.15, -0.1) is 0 Å². The summed E-state index contributed by atoms with van der Waals surface area (Å²) >= 11 is 0. The minimum Gasteiger partial charge on any atom is -0.467 e. The summed E-state index contributed by atoms with van der Waals surface area (Å²) in [6.07, 6.45) is 1.07. The number of ether oxygens (including phenoxy) is 1. The molecule has 0 saturated carbocycles. The van der Waals surface area contributed by atoms with Crippen LogP contribution in [0.2, 0.25) is 0 Å². The van der Waals surface area contributed by atoms with Crippen LogP contribution in [0.3, 0.4) is 0 Å². The summed E-state index contributed by atoms with van der Waals surface area (Å²) in [5, 5.41) is 9.23. The lowest BCUT2D eigenvalue weighted by molar-refractivity contribution is -0.149. The molecule has 6 nitrogen and oxygen atoms in total. The van der Waals surface area contributed by atoms with E-state index in [1.54, 1.807) is 0 Å². The Hall–Kier alpha value is -1.44. The number of aliphatic hydroxyl groups excluding tert-OH is 1. The molecular weight excluding hydrogens is 258 g/mol. The number of aliphatic hydroxyl groups is 1. The van der Waals surface area contributed by atoms with Crippen LogP contribution in [0.4, 0.5) is 0 Å². The lowest BCUT2D eigenvalue weighted by Gasteiger charge is -2.24. The van der Waals surface area contributed by atoms with Crippen molar-refractivity contribution in [3.63, 3.8) is 0 Å². The first-order chi connectivity index (χ1) is 8.25. The smallest absolute Gasteiger partial charge is 0.332 e. The number of hydrogen-bond donors (Lipinski definition) is 2. The number of nitrogens with two attached hydrogens (primary N) is 1. The van der Waals surface area contributed by atoms with Crippen molar-refractivity contribution in [2.24, 2.45) is 5.73 Å². The monoisotopic (exact) mass is 273 g/mol. The van der Waals surface area contributed by atoms with E-state index in [0.717, 1.165) is 13.4 Å². The molecule has 1 rings (SSSR count). The SMILES string of the molecule is COC(=O)C(N)(CO)c1ccc(S(C)(=O)=O)cc1. The highest BCUT2D eigenvalue weighted by Crippen LogP contribution is 2.21. The number of sulfone groups is 1. The Balaban J connectivity index is 3.22. The van der Waals surface area contributed by atoms with Crippen LogP contribution < -0.4 is 5.73 Å². The maximum atomic E-state index is 11.5. The van der Waals surface area contributed by atoms with Gasteiger partial charge in [-0.2, -0.15) is 0 Å². The number of rotatable bonds is 4. The van der Waals surface area contributed by atoms with Crippen LogP contribution in [0, 0.1) is 0 Å². The number of esters is 1. The second-order valence-corrected chi connectivity index (χ2v) is 5.93. The number of methoxy groups -OCH3 is 1. The third kappa shape index (κ3) is 2.69. The van der Waals surface area contributed by atoms with E-state index in [1.807, 2.05) is 0 Å². The van der Waals surface area contributed by atoms with Crippen LogP contribution in [0.25, 0.3) is 0 Å². The van der Waals surface area contributed by atoms with E-state index in [2.05, 4.69) is 4.74 Å². The summed E-state index contributed by atoms with van der Waals surface area (Å²) in [5.74, 6) is -0.794. The van der Waals surface area contributed by atoms with Gasteiger partial charge in [0.05, 0.1) is 18.6 Å². The van der Waals surface area contributed by atoms with Crippen LogP contribution in [-0.2, 0) is 24.9 Å². The second-order valence-electron chi connectivity index (χ2n) is 3.92. The zero-order valence-corrected chi connectivity index (χ0v) is 10.9. The zero-order chi connectivity index (χ0) is 14.0. The van der Waals surface area contributed by atoms with Gasteiger partial charge in [0.2, 0.25) is 0 Å². The van der Waals surface area contributed by atoms with Gasteiger partial charge < -0.3 is 15.6 Å². The Morgan fingerprint density at radius 2 is 1.89 bits per heavy atom. The first kappa shape index (κ1) is 14.6. The van der Waals surface area contributed by atoms with E-state index >= 15 is 0 Å². The van der Waals surface area contributed by atoms with E-state index in [-0.39, 0.29) is 10.5 Å². The lowest BCUT2D eigenvalue weighted by Crippen LogP contribution is -2.48. The molecule has 1 aromatic rings. The molecule has 0 radical (unpaired) electrons. The summed E-state index contributed by atoms with van der Waals surface area (Å²) in [5.41, 5.74) is 4.35. The van der Waals surface area contributed by atoms with Gasteiger partial charge in [0.1, 0.15) is 0 Å². The molecule has 100 valence electrons. The van der Waals surface area contributed by atoms with Crippen LogP contribution in [0.15, 0.2) is 29.2 Å². The van der Waals surface area contributed by atoms with E-state index in [1.165, 1.54) is 24.3 Å². The number of hydrogen-bond acceptors (Lipinski definition) is 6. The minimum absolute atomic E-state index is 0.108. The summed E-state index contributed by atoms with van der Waals surface area (Å²) in [7, 11) is -2.16. The molecule has 3 N–H and O–H groups in total. The van der Waals surface area contributed by atoms with Gasteiger partial charge in [0.15, 0.2) is 15.4 Å². The zero-order valence-electron chi connectivity index (χ0n) is 10.1. The van der Waals surface area contributed by atoms with E-state index in [4.69, 9.17) is 5.73 Å². The molecule has 18 heavy (non-hydrogen) atoms. The summed E-state index contributed by atoms with van der Waals surface area (Å²) in [4.78, 5) is 11.6. The average Bonchev–Trinajstić information content (AvgIpc) is 2.36.